The van der Waals surface area contributed by atoms with E-state index in [2.05, 4.69) is 33.7 Å². The van der Waals surface area contributed by atoms with Crippen molar-refractivity contribution in [3.8, 4) is 0 Å². The molecule has 96 valence electrons. The molecule has 0 aliphatic heterocycles. The first-order valence-corrected chi connectivity index (χ1v) is 6.97. The smallest absolute Gasteiger partial charge is 0.207 e. The molecule has 0 unspecified atom stereocenters. The van der Waals surface area contributed by atoms with Gasteiger partial charge in [-0.3, -0.25) is 0 Å². The van der Waals surface area contributed by atoms with Gasteiger partial charge in [-0.15, -0.1) is 0 Å². The molecule has 0 atom stereocenters. The number of hydrogen-bond acceptors (Lipinski definition) is 5. The van der Waals surface area contributed by atoms with Gasteiger partial charge in [-0.05, 0) is 37.1 Å². The second-order valence-corrected chi connectivity index (χ2v) is 4.88. The maximum atomic E-state index is 5.52. The number of nitrogens with one attached hydrogen (secondary N) is 1. The Morgan fingerprint density at radius 2 is 2.00 bits per heavy atom. The van der Waals surface area contributed by atoms with Crippen LogP contribution in [-0.2, 0) is 12.8 Å². The lowest BCUT2D eigenvalue weighted by Gasteiger charge is -2.03. The highest BCUT2D eigenvalue weighted by Crippen LogP contribution is 2.19. The van der Waals surface area contributed by atoms with Crippen molar-refractivity contribution in [2.75, 3.05) is 11.9 Å². The summed E-state index contributed by atoms with van der Waals surface area (Å²) in [6.45, 7) is 2.81. The molecule has 0 fully saturated rings. The fourth-order valence-corrected chi connectivity index (χ4v) is 2.31. The van der Waals surface area contributed by atoms with E-state index in [9.17, 15) is 0 Å². The predicted molar refractivity (Wildman–Crippen MR) is 76.4 cm³/mol. The molecule has 0 radical (unpaired) electrons. The monoisotopic (exact) mass is 262 g/mol. The highest BCUT2D eigenvalue weighted by Gasteiger charge is 2.03. The van der Waals surface area contributed by atoms with Gasteiger partial charge >= 0.3 is 0 Å². The zero-order valence-electron chi connectivity index (χ0n) is 10.5. The lowest BCUT2D eigenvalue weighted by atomic mass is 10.1. The minimum atomic E-state index is 0.684. The first-order chi connectivity index (χ1) is 8.81. The van der Waals surface area contributed by atoms with Gasteiger partial charge < -0.3 is 11.1 Å². The third kappa shape index (κ3) is 3.51. The average molecular weight is 262 g/mol. The Hall–Kier alpha value is -1.46. The Balaban J connectivity index is 1.99. The lowest BCUT2D eigenvalue weighted by Crippen LogP contribution is -2.02. The molecule has 0 amide bonds. The quantitative estimate of drug-likeness (QED) is 0.840. The summed E-state index contributed by atoms with van der Waals surface area (Å²) >= 11 is 1.41. The molecule has 0 aliphatic rings. The minimum absolute atomic E-state index is 0.684. The summed E-state index contributed by atoms with van der Waals surface area (Å²) in [7, 11) is 0. The summed E-state index contributed by atoms with van der Waals surface area (Å²) in [4.78, 5) is 4.43. The van der Waals surface area contributed by atoms with E-state index in [1.807, 2.05) is 12.1 Å². The van der Waals surface area contributed by atoms with Crippen molar-refractivity contribution < 1.29 is 0 Å². The van der Waals surface area contributed by atoms with E-state index in [4.69, 9.17) is 5.73 Å². The van der Waals surface area contributed by atoms with Crippen molar-refractivity contribution in [2.24, 2.45) is 5.73 Å². The number of rotatable bonds is 6. The first-order valence-electron chi connectivity index (χ1n) is 6.20. The summed E-state index contributed by atoms with van der Waals surface area (Å²) in [5.74, 6) is 0.921. The number of benzene rings is 1. The second kappa shape index (κ2) is 6.47. The van der Waals surface area contributed by atoms with Crippen LogP contribution in [0.2, 0.25) is 0 Å². The molecule has 0 saturated carbocycles. The van der Waals surface area contributed by atoms with E-state index < -0.39 is 0 Å². The van der Waals surface area contributed by atoms with Crippen LogP contribution < -0.4 is 11.1 Å². The molecular weight excluding hydrogens is 244 g/mol. The van der Waals surface area contributed by atoms with Crippen LogP contribution in [0.1, 0.15) is 24.7 Å². The van der Waals surface area contributed by atoms with Crippen LogP contribution in [0, 0.1) is 0 Å². The van der Waals surface area contributed by atoms with E-state index >= 15 is 0 Å². The minimum Gasteiger partial charge on any atom is -0.330 e. The van der Waals surface area contributed by atoms with Crippen LogP contribution in [0.5, 0.6) is 0 Å². The van der Waals surface area contributed by atoms with Gasteiger partial charge in [0.1, 0.15) is 5.82 Å². The maximum absolute atomic E-state index is 5.52. The van der Waals surface area contributed by atoms with Gasteiger partial charge in [0, 0.05) is 23.6 Å². The van der Waals surface area contributed by atoms with Crippen molar-refractivity contribution in [3.63, 3.8) is 0 Å². The highest BCUT2D eigenvalue weighted by molar-refractivity contribution is 7.09. The molecule has 0 bridgehead atoms. The summed E-state index contributed by atoms with van der Waals surface area (Å²) in [6, 6.07) is 8.27. The van der Waals surface area contributed by atoms with Crippen LogP contribution in [0.3, 0.4) is 0 Å². The van der Waals surface area contributed by atoms with Crippen molar-refractivity contribution in [1.82, 2.24) is 9.36 Å². The number of nitrogens with two attached hydrogens (primary N) is 1. The Labute approximate surface area is 111 Å². The fraction of sp³-hybridized carbons (Fsp3) is 0.385. The molecule has 4 nitrogen and oxygen atoms in total. The van der Waals surface area contributed by atoms with Gasteiger partial charge in [0.2, 0.25) is 5.13 Å². The molecular formula is C13H18N4S. The van der Waals surface area contributed by atoms with Gasteiger partial charge in [0.05, 0.1) is 0 Å². The molecule has 0 saturated heterocycles. The van der Waals surface area contributed by atoms with Crippen LogP contribution in [0.25, 0.3) is 0 Å². The average Bonchev–Trinajstić information content (AvgIpc) is 2.80. The van der Waals surface area contributed by atoms with Gasteiger partial charge in [0.25, 0.3) is 0 Å². The predicted octanol–water partition coefficient (Wildman–Crippen LogP) is 2.74. The number of hydrogen-bond donors (Lipinski definition) is 2. The number of nitrogens with zero attached hydrogens (tertiary/aromatic N) is 2. The van der Waals surface area contributed by atoms with E-state index in [-0.39, 0.29) is 0 Å². The van der Waals surface area contributed by atoms with Crippen LogP contribution >= 0.6 is 11.5 Å². The standard InChI is InChI=1S/C13H18N4S/c1-2-3-12-16-13(18-17-12)15-11-6-4-10(5-7-11)8-9-14/h4-7H,2-3,8-9,14H2,1H3,(H,15,16,17). The maximum Gasteiger partial charge on any atom is 0.207 e. The van der Waals surface area contributed by atoms with E-state index in [0.29, 0.717) is 6.54 Å². The van der Waals surface area contributed by atoms with Gasteiger partial charge in [-0.1, -0.05) is 19.1 Å². The third-order valence-corrected chi connectivity index (χ3v) is 3.25. The highest BCUT2D eigenvalue weighted by atomic mass is 32.1. The molecule has 2 aromatic rings. The zero-order chi connectivity index (χ0) is 12.8. The van der Waals surface area contributed by atoms with Crippen LogP contribution in [0.4, 0.5) is 10.8 Å². The topological polar surface area (TPSA) is 63.8 Å². The molecule has 3 N–H and O–H groups in total. The van der Waals surface area contributed by atoms with Crippen molar-refractivity contribution >= 4 is 22.4 Å². The van der Waals surface area contributed by atoms with E-state index in [0.717, 1.165) is 35.9 Å². The Kier molecular flexibility index (Phi) is 4.66. The fourth-order valence-electron chi connectivity index (χ4n) is 1.67. The Morgan fingerprint density at radius 3 is 2.67 bits per heavy atom. The SMILES string of the molecule is CCCc1nsc(Nc2ccc(CCN)cc2)n1. The molecule has 0 aliphatic carbocycles. The largest absolute Gasteiger partial charge is 0.330 e. The first kappa shape index (κ1) is 13.0. The summed E-state index contributed by atoms with van der Waals surface area (Å²) in [5.41, 5.74) is 7.81. The van der Waals surface area contributed by atoms with Gasteiger partial charge in [-0.25, -0.2) is 4.98 Å². The number of aromatic nitrogens is 2. The molecule has 0 spiro atoms. The summed E-state index contributed by atoms with van der Waals surface area (Å²) in [5, 5.41) is 4.12. The van der Waals surface area contributed by atoms with Crippen LogP contribution in [0.15, 0.2) is 24.3 Å². The molecule has 5 heteroatoms. The lowest BCUT2D eigenvalue weighted by molar-refractivity contribution is 0.862. The van der Waals surface area contributed by atoms with Crippen molar-refractivity contribution in [3.05, 3.63) is 35.7 Å². The molecule has 1 aromatic heterocycles. The van der Waals surface area contributed by atoms with Gasteiger partial charge in [0.15, 0.2) is 0 Å². The normalized spacial score (nSPS) is 10.6. The van der Waals surface area contributed by atoms with E-state index in [1.165, 1.54) is 17.1 Å². The number of aryl methyl sites for hydroxylation is 1. The Bertz CT molecular complexity index is 478. The van der Waals surface area contributed by atoms with E-state index in [1.54, 1.807) is 0 Å². The number of anilines is 2. The molecule has 2 rings (SSSR count). The van der Waals surface area contributed by atoms with Crippen molar-refractivity contribution in [2.45, 2.75) is 26.2 Å². The zero-order valence-corrected chi connectivity index (χ0v) is 11.3. The second-order valence-electron chi connectivity index (χ2n) is 4.13. The summed E-state index contributed by atoms with van der Waals surface area (Å²) < 4.78 is 4.30. The Morgan fingerprint density at radius 1 is 1.22 bits per heavy atom. The molecule has 1 aromatic carbocycles. The van der Waals surface area contributed by atoms with Crippen LogP contribution in [-0.4, -0.2) is 15.9 Å². The third-order valence-electron chi connectivity index (χ3n) is 2.58. The molecule has 1 heterocycles. The summed E-state index contributed by atoms with van der Waals surface area (Å²) in [6.07, 6.45) is 2.93. The van der Waals surface area contributed by atoms with Gasteiger partial charge in [-0.2, -0.15) is 4.37 Å². The van der Waals surface area contributed by atoms with Crippen molar-refractivity contribution in [1.29, 1.82) is 0 Å². The molecule has 18 heavy (non-hydrogen) atoms.